The van der Waals surface area contributed by atoms with Crippen LogP contribution >= 0.6 is 39.0 Å². The topological polar surface area (TPSA) is 68.2 Å². The van der Waals surface area contributed by atoms with Crippen molar-refractivity contribution in [2.45, 2.75) is 25.2 Å². The van der Waals surface area contributed by atoms with Gasteiger partial charge in [0.1, 0.15) is 0 Å². The zero-order valence-corrected chi connectivity index (χ0v) is 17.8. The van der Waals surface area contributed by atoms with Crippen LogP contribution in [0.3, 0.4) is 0 Å². The summed E-state index contributed by atoms with van der Waals surface area (Å²) in [4.78, 5) is 19.7. The maximum atomic E-state index is 12.6. The molecule has 0 saturated carbocycles. The van der Waals surface area contributed by atoms with E-state index in [-0.39, 0.29) is 5.91 Å². The highest BCUT2D eigenvalue weighted by Gasteiger charge is 2.35. The molecule has 0 aliphatic carbocycles. The van der Waals surface area contributed by atoms with Gasteiger partial charge in [-0.05, 0) is 39.9 Å². The van der Waals surface area contributed by atoms with Gasteiger partial charge >= 0.3 is 0 Å². The predicted molar refractivity (Wildman–Crippen MR) is 110 cm³/mol. The van der Waals surface area contributed by atoms with Crippen LogP contribution < -0.4 is 9.64 Å². The number of hydrogen-bond donors (Lipinski definition) is 0. The molecule has 27 heavy (non-hydrogen) atoms. The molecular weight excluding hydrogens is 448 g/mol. The molecule has 6 nitrogen and oxygen atoms in total. The number of nitrogens with zero attached hydrogens (tertiary/aromatic N) is 4. The maximum Gasteiger partial charge on any atom is 0.247 e. The number of amides is 1. The molecule has 0 N–H and O–H groups in total. The lowest BCUT2D eigenvalue weighted by Crippen LogP contribution is -2.35. The molecule has 1 aliphatic heterocycles. The molecule has 1 aromatic carbocycles. The fourth-order valence-electron chi connectivity index (χ4n) is 2.89. The largest absolute Gasteiger partial charge is 0.446 e. The Hall–Kier alpha value is -1.97. The van der Waals surface area contributed by atoms with Crippen LogP contribution in [0.2, 0.25) is 0 Å². The summed E-state index contributed by atoms with van der Waals surface area (Å²) in [5, 5.41) is 9.12. The van der Waals surface area contributed by atoms with Crippen molar-refractivity contribution in [2.24, 2.45) is 0 Å². The Morgan fingerprint density at radius 2 is 2.11 bits per heavy atom. The van der Waals surface area contributed by atoms with Gasteiger partial charge in [-0.3, -0.25) is 9.69 Å². The monoisotopic (exact) mass is 462 g/mol. The predicted octanol–water partition coefficient (Wildman–Crippen LogP) is 4.92. The van der Waals surface area contributed by atoms with Gasteiger partial charge in [0, 0.05) is 12.5 Å². The van der Waals surface area contributed by atoms with Crippen molar-refractivity contribution in [2.75, 3.05) is 10.7 Å². The number of carbonyl (C=O) groups is 1. The van der Waals surface area contributed by atoms with Crippen LogP contribution in [0, 0.1) is 0 Å². The summed E-state index contributed by atoms with van der Waals surface area (Å²) in [5.41, 5.74) is 2.04. The number of hydrogen-bond acceptors (Lipinski definition) is 7. The minimum Gasteiger partial charge on any atom is -0.446 e. The molecule has 0 spiro atoms. The van der Waals surface area contributed by atoms with E-state index in [4.69, 9.17) is 4.74 Å². The smallest absolute Gasteiger partial charge is 0.247 e. The van der Waals surface area contributed by atoms with Gasteiger partial charge in [0.15, 0.2) is 5.69 Å². The van der Waals surface area contributed by atoms with E-state index in [0.717, 1.165) is 25.7 Å². The third-order valence-corrected chi connectivity index (χ3v) is 6.34. The summed E-state index contributed by atoms with van der Waals surface area (Å²) in [6, 6.07) is 11.5. The lowest BCUT2D eigenvalue weighted by atomic mass is 10.1. The van der Waals surface area contributed by atoms with Gasteiger partial charge in [-0.2, -0.15) is 4.98 Å². The van der Waals surface area contributed by atoms with Crippen molar-refractivity contribution in [3.63, 3.8) is 0 Å². The quantitative estimate of drug-likeness (QED) is 0.514. The molecule has 1 unspecified atom stereocenters. The molecule has 1 atom stereocenters. The number of anilines is 1. The lowest BCUT2D eigenvalue weighted by Gasteiger charge is -2.28. The molecule has 3 aromatic rings. The molecule has 0 radical (unpaired) electrons. The highest BCUT2D eigenvalue weighted by atomic mass is 79.9. The van der Waals surface area contributed by atoms with E-state index in [1.807, 2.05) is 43.3 Å². The van der Waals surface area contributed by atoms with Gasteiger partial charge < -0.3 is 4.74 Å². The van der Waals surface area contributed by atoms with Gasteiger partial charge in [0.25, 0.3) is 0 Å². The number of thioether (sulfide) groups is 1. The SMILES string of the molecule is CCSc1nnc2c(n1)OC(c1ccc(Br)s1)N(C(C)=O)c1ccccc1-2. The Balaban J connectivity index is 1.94. The van der Waals surface area contributed by atoms with E-state index in [2.05, 4.69) is 31.1 Å². The summed E-state index contributed by atoms with van der Waals surface area (Å²) in [7, 11) is 0. The minimum absolute atomic E-state index is 0.124. The number of ether oxygens (including phenoxy) is 1. The Bertz CT molecular complexity index is 1010. The Labute approximate surface area is 173 Å². The van der Waals surface area contributed by atoms with E-state index in [1.165, 1.54) is 30.0 Å². The number of thiophene rings is 1. The summed E-state index contributed by atoms with van der Waals surface area (Å²) in [5.74, 6) is 1.09. The molecular formula is C18H15BrN4O2S2. The van der Waals surface area contributed by atoms with E-state index in [1.54, 1.807) is 4.90 Å². The van der Waals surface area contributed by atoms with Crippen molar-refractivity contribution >= 4 is 50.6 Å². The van der Waals surface area contributed by atoms with Gasteiger partial charge in [0.05, 0.1) is 14.4 Å². The Kier molecular flexibility index (Phi) is 5.16. The van der Waals surface area contributed by atoms with Gasteiger partial charge in [-0.1, -0.05) is 36.9 Å². The second-order valence-electron chi connectivity index (χ2n) is 5.70. The highest BCUT2D eigenvalue weighted by molar-refractivity contribution is 9.11. The molecule has 138 valence electrons. The van der Waals surface area contributed by atoms with E-state index in [0.29, 0.717) is 16.7 Å². The fraction of sp³-hybridized carbons (Fsp3) is 0.222. The zero-order chi connectivity index (χ0) is 19.0. The maximum absolute atomic E-state index is 12.6. The van der Waals surface area contributed by atoms with Crippen LogP contribution in [0.4, 0.5) is 5.69 Å². The molecule has 9 heteroatoms. The number of para-hydroxylation sites is 1. The minimum atomic E-state index is -0.627. The Morgan fingerprint density at radius 1 is 1.30 bits per heavy atom. The van der Waals surface area contributed by atoms with Crippen molar-refractivity contribution in [3.05, 3.63) is 45.1 Å². The fourth-order valence-corrected chi connectivity index (χ4v) is 4.84. The Morgan fingerprint density at radius 3 is 2.81 bits per heavy atom. The zero-order valence-electron chi connectivity index (χ0n) is 14.5. The highest BCUT2D eigenvalue weighted by Crippen LogP contribution is 2.44. The van der Waals surface area contributed by atoms with Crippen molar-refractivity contribution in [1.29, 1.82) is 0 Å². The van der Waals surface area contributed by atoms with Crippen LogP contribution in [0.5, 0.6) is 5.88 Å². The number of benzene rings is 1. The van der Waals surface area contributed by atoms with Crippen molar-refractivity contribution in [3.8, 4) is 17.1 Å². The van der Waals surface area contributed by atoms with Crippen LogP contribution in [0.1, 0.15) is 25.0 Å². The number of aromatic nitrogens is 3. The lowest BCUT2D eigenvalue weighted by molar-refractivity contribution is -0.118. The number of rotatable bonds is 3. The molecule has 0 fully saturated rings. The second-order valence-corrected chi connectivity index (χ2v) is 9.43. The summed E-state index contributed by atoms with van der Waals surface area (Å²) < 4.78 is 7.23. The van der Waals surface area contributed by atoms with Crippen LogP contribution in [0.25, 0.3) is 11.3 Å². The van der Waals surface area contributed by atoms with Crippen LogP contribution in [-0.2, 0) is 4.79 Å². The van der Waals surface area contributed by atoms with Gasteiger partial charge in [0.2, 0.25) is 23.2 Å². The van der Waals surface area contributed by atoms with Gasteiger partial charge in [-0.25, -0.2) is 0 Å². The standard InChI is InChI=1S/C18H15BrN4O2S2/c1-3-26-18-20-16-15(21-22-18)11-6-4-5-7-12(11)23(10(2)24)17(25-16)13-8-9-14(19)27-13/h4-9,17H,3H2,1-2H3. The van der Waals surface area contributed by atoms with E-state index >= 15 is 0 Å². The number of fused-ring (bicyclic) bond motifs is 3. The summed E-state index contributed by atoms with van der Waals surface area (Å²) >= 11 is 6.50. The molecule has 1 amide bonds. The average Bonchev–Trinajstić information content (AvgIpc) is 3.02. The molecule has 0 saturated heterocycles. The molecule has 0 bridgehead atoms. The van der Waals surface area contributed by atoms with Crippen molar-refractivity contribution < 1.29 is 9.53 Å². The van der Waals surface area contributed by atoms with Crippen LogP contribution in [0.15, 0.2) is 45.3 Å². The second kappa shape index (κ2) is 7.57. The molecule has 4 rings (SSSR count). The van der Waals surface area contributed by atoms with Gasteiger partial charge in [-0.15, -0.1) is 21.5 Å². The molecule has 1 aliphatic rings. The average molecular weight is 463 g/mol. The van der Waals surface area contributed by atoms with Crippen molar-refractivity contribution in [1.82, 2.24) is 15.2 Å². The third-order valence-electron chi connectivity index (χ3n) is 3.96. The number of halogens is 1. The first-order chi connectivity index (χ1) is 13.1. The summed E-state index contributed by atoms with van der Waals surface area (Å²) in [6.45, 7) is 3.56. The normalized spacial score (nSPS) is 15.5. The van der Waals surface area contributed by atoms with E-state index in [9.17, 15) is 4.79 Å². The summed E-state index contributed by atoms with van der Waals surface area (Å²) in [6.07, 6.45) is -0.627. The third kappa shape index (κ3) is 3.46. The van der Waals surface area contributed by atoms with Crippen LogP contribution in [-0.4, -0.2) is 26.8 Å². The molecule has 3 heterocycles. The number of carbonyl (C=O) groups excluding carboxylic acids is 1. The van der Waals surface area contributed by atoms with E-state index < -0.39 is 6.23 Å². The first kappa shape index (κ1) is 18.4. The first-order valence-corrected chi connectivity index (χ1v) is 10.9. The first-order valence-electron chi connectivity index (χ1n) is 8.27. The molecule has 2 aromatic heterocycles.